The second kappa shape index (κ2) is 7.61. The zero-order valence-corrected chi connectivity index (χ0v) is 16.3. The van der Waals surface area contributed by atoms with Crippen LogP contribution in [0.25, 0.3) is 0 Å². The van der Waals surface area contributed by atoms with E-state index in [9.17, 15) is 17.6 Å². The second-order valence-corrected chi connectivity index (χ2v) is 7.70. The van der Waals surface area contributed by atoms with Crippen molar-refractivity contribution < 1.29 is 22.3 Å². The van der Waals surface area contributed by atoms with Crippen molar-refractivity contribution in [2.45, 2.75) is 25.3 Å². The molecule has 0 saturated carbocycles. The Bertz CT molecular complexity index is 939. The van der Waals surface area contributed by atoms with E-state index in [1.807, 2.05) is 16.2 Å². The highest BCUT2D eigenvalue weighted by atomic mass is 32.1. The van der Waals surface area contributed by atoms with Crippen molar-refractivity contribution in [1.82, 2.24) is 14.0 Å². The van der Waals surface area contributed by atoms with Crippen LogP contribution < -0.4 is 0 Å². The molecule has 1 saturated heterocycles. The number of hydrogen-bond acceptors (Lipinski definition) is 3. The van der Waals surface area contributed by atoms with E-state index in [0.29, 0.717) is 24.4 Å². The maximum Gasteiger partial charge on any atom is 0.179 e. The molecular formula is C19H21F4N3OS. The Morgan fingerprint density at radius 2 is 1.75 bits per heavy atom. The second-order valence-electron chi connectivity index (χ2n) is 7.33. The summed E-state index contributed by atoms with van der Waals surface area (Å²) in [7, 11) is 1.88. The molecule has 1 aromatic carbocycles. The molecule has 3 heterocycles. The van der Waals surface area contributed by atoms with Crippen molar-refractivity contribution in [2.24, 2.45) is 7.05 Å². The number of nitrogens with zero attached hydrogens (tertiary/aromatic N) is 3. The summed E-state index contributed by atoms with van der Waals surface area (Å²) in [6.45, 7) is 4.17. The van der Waals surface area contributed by atoms with E-state index in [-0.39, 0.29) is 12.6 Å². The van der Waals surface area contributed by atoms with Crippen LogP contribution in [-0.4, -0.2) is 46.9 Å². The summed E-state index contributed by atoms with van der Waals surface area (Å²) in [6, 6.07) is 0.246. The van der Waals surface area contributed by atoms with Gasteiger partial charge in [-0.1, -0.05) is 0 Å². The molecule has 1 unspecified atom stereocenters. The lowest BCUT2D eigenvalue weighted by Gasteiger charge is -2.26. The predicted molar refractivity (Wildman–Crippen MR) is 97.9 cm³/mol. The number of morpholine rings is 1. The molecular weight excluding hydrogens is 394 g/mol. The molecule has 0 spiro atoms. The third-order valence-electron chi connectivity index (χ3n) is 5.75. The predicted octanol–water partition coefficient (Wildman–Crippen LogP) is 3.33. The van der Waals surface area contributed by atoms with Gasteiger partial charge in [0.15, 0.2) is 28.0 Å². The van der Waals surface area contributed by atoms with Crippen LogP contribution in [0.4, 0.5) is 17.6 Å². The van der Waals surface area contributed by atoms with Gasteiger partial charge in [0.1, 0.15) is 0 Å². The molecule has 0 bridgehead atoms. The third-order valence-corrected chi connectivity index (χ3v) is 6.24. The van der Waals surface area contributed by atoms with E-state index in [0.717, 1.165) is 37.4 Å². The van der Waals surface area contributed by atoms with Crippen molar-refractivity contribution >= 4 is 12.2 Å². The minimum atomic E-state index is -1.37. The highest BCUT2D eigenvalue weighted by Gasteiger charge is 2.34. The highest BCUT2D eigenvalue weighted by Crippen LogP contribution is 2.36. The van der Waals surface area contributed by atoms with E-state index in [1.54, 1.807) is 0 Å². The average Bonchev–Trinajstić information content (AvgIpc) is 3.19. The van der Waals surface area contributed by atoms with Gasteiger partial charge in [-0.2, -0.15) is 0 Å². The number of fused-ring (bicyclic) bond motifs is 1. The molecule has 2 aliphatic rings. The summed E-state index contributed by atoms with van der Waals surface area (Å²) in [4.78, 5) is 2.30. The molecule has 0 N–H and O–H groups in total. The van der Waals surface area contributed by atoms with Crippen molar-refractivity contribution in [3.8, 4) is 0 Å². The van der Waals surface area contributed by atoms with Crippen LogP contribution in [-0.2, 0) is 31.2 Å². The Balaban J connectivity index is 1.61. The molecule has 0 radical (unpaired) electrons. The van der Waals surface area contributed by atoms with Gasteiger partial charge in [-0.3, -0.25) is 4.90 Å². The molecule has 4 rings (SSSR count). The maximum absolute atomic E-state index is 14.3. The molecule has 1 atom stereocenters. The fraction of sp³-hybridized carbons (Fsp3) is 0.526. The van der Waals surface area contributed by atoms with Crippen molar-refractivity contribution in [1.29, 1.82) is 0 Å². The third kappa shape index (κ3) is 3.29. The molecule has 0 aliphatic carbocycles. The summed E-state index contributed by atoms with van der Waals surface area (Å²) in [6.07, 6.45) is 1.03. The number of halogens is 4. The Labute approximate surface area is 165 Å². The minimum Gasteiger partial charge on any atom is -0.379 e. The van der Waals surface area contributed by atoms with Gasteiger partial charge in [-0.05, 0) is 18.6 Å². The number of ether oxygens (including phenoxy) is 1. The van der Waals surface area contributed by atoms with Crippen LogP contribution >= 0.6 is 12.2 Å². The van der Waals surface area contributed by atoms with Crippen molar-refractivity contribution in [2.75, 3.05) is 32.8 Å². The zero-order chi connectivity index (χ0) is 20.0. The summed E-state index contributed by atoms with van der Waals surface area (Å²) in [5.74, 6) is -6.07. The number of aromatic nitrogens is 2. The molecule has 2 aromatic rings. The molecule has 1 aromatic heterocycles. The number of benzene rings is 1. The van der Waals surface area contributed by atoms with Gasteiger partial charge >= 0.3 is 0 Å². The first-order chi connectivity index (χ1) is 13.4. The fourth-order valence-corrected chi connectivity index (χ4v) is 4.54. The van der Waals surface area contributed by atoms with Gasteiger partial charge in [0.25, 0.3) is 0 Å². The first-order valence-corrected chi connectivity index (χ1v) is 9.69. The van der Waals surface area contributed by atoms with Gasteiger partial charge < -0.3 is 13.9 Å². The van der Waals surface area contributed by atoms with Crippen LogP contribution in [0.1, 0.15) is 22.9 Å². The molecule has 152 valence electrons. The lowest BCUT2D eigenvalue weighted by Crippen LogP contribution is -2.37. The lowest BCUT2D eigenvalue weighted by molar-refractivity contribution is 0.0382. The van der Waals surface area contributed by atoms with Crippen LogP contribution in [0, 0.1) is 28.0 Å². The van der Waals surface area contributed by atoms with Crippen LogP contribution in [0.2, 0.25) is 0 Å². The Kier molecular flexibility index (Phi) is 5.32. The van der Waals surface area contributed by atoms with E-state index in [2.05, 4.69) is 4.90 Å². The topological polar surface area (TPSA) is 22.3 Å². The molecule has 9 heteroatoms. The van der Waals surface area contributed by atoms with Crippen LogP contribution in [0.5, 0.6) is 0 Å². The minimum absolute atomic E-state index is 0.205. The van der Waals surface area contributed by atoms with E-state index in [4.69, 9.17) is 17.0 Å². The van der Waals surface area contributed by atoms with Crippen LogP contribution in [0.3, 0.4) is 0 Å². The van der Waals surface area contributed by atoms with E-state index >= 15 is 0 Å². The smallest absolute Gasteiger partial charge is 0.179 e. The van der Waals surface area contributed by atoms with Crippen molar-refractivity contribution in [3.05, 3.63) is 51.1 Å². The number of imidazole rings is 1. The van der Waals surface area contributed by atoms with Gasteiger partial charge in [0.2, 0.25) is 0 Å². The monoisotopic (exact) mass is 415 g/mol. The van der Waals surface area contributed by atoms with Gasteiger partial charge in [0, 0.05) is 68.6 Å². The first kappa shape index (κ1) is 19.6. The highest BCUT2D eigenvalue weighted by molar-refractivity contribution is 7.71. The Morgan fingerprint density at radius 3 is 2.39 bits per heavy atom. The summed E-state index contributed by atoms with van der Waals surface area (Å²) < 4.78 is 65.5. The molecule has 2 aliphatic heterocycles. The zero-order valence-electron chi connectivity index (χ0n) is 15.5. The molecule has 1 fully saturated rings. The standard InChI is InChI=1S/C19H21F4N3OS/c1-24-14(2-3-25-4-6-27-7-5-25)15-8-11(10-26(15)19(24)28)16-17(22)12(20)9-13(21)18(16)23/h9,11H,2-8,10H2,1H3. The fourth-order valence-electron chi connectivity index (χ4n) is 4.24. The SMILES string of the molecule is Cn1c(CCN2CCOCC2)c2n(c1=S)CC(c1c(F)c(F)cc(F)c1F)C2. The van der Waals surface area contributed by atoms with Crippen LogP contribution in [0.15, 0.2) is 6.07 Å². The number of rotatable bonds is 4. The molecule has 0 amide bonds. The summed E-state index contributed by atoms with van der Waals surface area (Å²) in [5, 5.41) is 0. The van der Waals surface area contributed by atoms with Gasteiger partial charge in [-0.15, -0.1) is 0 Å². The largest absolute Gasteiger partial charge is 0.379 e. The van der Waals surface area contributed by atoms with Crippen molar-refractivity contribution in [3.63, 3.8) is 0 Å². The molecule has 4 nitrogen and oxygen atoms in total. The maximum atomic E-state index is 14.3. The number of hydrogen-bond donors (Lipinski definition) is 0. The summed E-state index contributed by atoms with van der Waals surface area (Å²) in [5.41, 5.74) is 1.35. The Morgan fingerprint density at radius 1 is 1.11 bits per heavy atom. The normalized spacial score (nSPS) is 20.0. The lowest BCUT2D eigenvalue weighted by atomic mass is 9.94. The van der Waals surface area contributed by atoms with E-state index < -0.39 is 34.8 Å². The Hall–Kier alpha value is -1.71. The summed E-state index contributed by atoms with van der Waals surface area (Å²) >= 11 is 5.49. The van der Waals surface area contributed by atoms with Gasteiger partial charge in [-0.25, -0.2) is 17.6 Å². The quantitative estimate of drug-likeness (QED) is 0.435. The van der Waals surface area contributed by atoms with Gasteiger partial charge in [0.05, 0.1) is 13.2 Å². The first-order valence-electron chi connectivity index (χ1n) is 9.28. The van der Waals surface area contributed by atoms with E-state index in [1.165, 1.54) is 0 Å². The molecule has 28 heavy (non-hydrogen) atoms. The average molecular weight is 415 g/mol.